The molecule has 222 valence electrons. The van der Waals surface area contributed by atoms with Crippen molar-refractivity contribution in [2.45, 2.75) is 32.0 Å². The predicted octanol–water partition coefficient (Wildman–Crippen LogP) is 4.30. The fourth-order valence-corrected chi connectivity index (χ4v) is 5.55. The minimum Gasteiger partial charge on any atom is -0.493 e. The normalized spacial score (nSPS) is 22.8. The summed E-state index contributed by atoms with van der Waals surface area (Å²) < 4.78 is 52.0. The smallest absolute Gasteiger partial charge is 0.195 e. The molecule has 1 N–H and O–H groups in total. The Kier molecular flexibility index (Phi) is 8.71. The molecule has 3 atom stereocenters. The van der Waals surface area contributed by atoms with Crippen LogP contribution in [0, 0.1) is 18.7 Å². The van der Waals surface area contributed by atoms with E-state index in [0.29, 0.717) is 92.0 Å². The number of benzene rings is 2. The third-order valence-corrected chi connectivity index (χ3v) is 7.92. The number of aryl methyl sites for hydroxylation is 1. The van der Waals surface area contributed by atoms with E-state index in [9.17, 15) is 9.18 Å². The molecular formula is C31H34F2N4O5. The van der Waals surface area contributed by atoms with Crippen LogP contribution < -0.4 is 10.1 Å². The molecule has 0 radical (unpaired) electrons. The molecule has 0 unspecified atom stereocenters. The van der Waals surface area contributed by atoms with Gasteiger partial charge in [-0.2, -0.15) is 0 Å². The summed E-state index contributed by atoms with van der Waals surface area (Å²) >= 11 is 0. The maximum atomic E-state index is 15.1. The van der Waals surface area contributed by atoms with Crippen molar-refractivity contribution in [3.05, 3.63) is 65.5 Å². The first-order valence-electron chi connectivity index (χ1n) is 14.3. The lowest BCUT2D eigenvalue weighted by Gasteiger charge is -2.24. The average Bonchev–Trinajstić information content (AvgIpc) is 3.67. The Morgan fingerprint density at radius 3 is 2.69 bits per heavy atom. The monoisotopic (exact) mass is 580 g/mol. The average molecular weight is 581 g/mol. The van der Waals surface area contributed by atoms with E-state index in [1.54, 1.807) is 31.2 Å². The predicted molar refractivity (Wildman–Crippen MR) is 152 cm³/mol. The summed E-state index contributed by atoms with van der Waals surface area (Å²) in [6, 6.07) is 8.21. The highest BCUT2D eigenvalue weighted by molar-refractivity contribution is 5.97. The Balaban J connectivity index is 1.23. The first-order valence-corrected chi connectivity index (χ1v) is 14.3. The molecule has 4 heterocycles. The molecule has 0 saturated carbocycles. The standard InChI is InChI=1S/C31H34F2N4O5/c1-19-10-22(2-3-24(19)32)36-31-23-11-21(28(13-26(23)34-18-35-31)42-17-20-5-7-39-16-20)12-27(38)25(33)4-6-37-14-29-30(15-37)41-9-8-40-29/h2-4,10-11,13,18,20,29-30H,5-9,12,14-17H2,1H3,(H,34,35,36)/b25-4+/t20-,29-,30+/m0/s1. The Hall–Kier alpha value is -3.51. The van der Waals surface area contributed by atoms with E-state index in [-0.39, 0.29) is 30.4 Å². The van der Waals surface area contributed by atoms with Crippen LogP contribution in [0.25, 0.3) is 10.9 Å². The van der Waals surface area contributed by atoms with Crippen molar-refractivity contribution >= 4 is 28.2 Å². The van der Waals surface area contributed by atoms with Crippen molar-refractivity contribution in [1.82, 2.24) is 14.9 Å². The Bertz CT molecular complexity index is 1470. The molecule has 0 amide bonds. The van der Waals surface area contributed by atoms with Gasteiger partial charge in [0.2, 0.25) is 0 Å². The number of hydrogen-bond acceptors (Lipinski definition) is 9. The minimum atomic E-state index is -0.800. The van der Waals surface area contributed by atoms with E-state index in [4.69, 9.17) is 18.9 Å². The number of nitrogens with zero attached hydrogens (tertiary/aromatic N) is 3. The second kappa shape index (κ2) is 12.8. The Morgan fingerprint density at radius 2 is 1.95 bits per heavy atom. The molecule has 0 bridgehead atoms. The van der Waals surface area contributed by atoms with Crippen LogP contribution in [0.4, 0.5) is 20.3 Å². The lowest BCUT2D eigenvalue weighted by molar-refractivity contribution is -0.116. The number of allylic oxidation sites excluding steroid dienone is 1. The third-order valence-electron chi connectivity index (χ3n) is 7.92. The van der Waals surface area contributed by atoms with Gasteiger partial charge < -0.3 is 24.3 Å². The van der Waals surface area contributed by atoms with Crippen LogP contribution in [0.1, 0.15) is 17.5 Å². The molecule has 42 heavy (non-hydrogen) atoms. The number of aromatic nitrogens is 2. The molecule has 6 rings (SSSR count). The number of carbonyl (C=O) groups is 1. The number of ether oxygens (including phenoxy) is 4. The summed E-state index contributed by atoms with van der Waals surface area (Å²) in [5, 5.41) is 3.84. The van der Waals surface area contributed by atoms with Gasteiger partial charge in [0.05, 0.1) is 44.2 Å². The summed E-state index contributed by atoms with van der Waals surface area (Å²) in [4.78, 5) is 23.9. The summed E-state index contributed by atoms with van der Waals surface area (Å²) in [6.45, 7) is 6.09. The largest absolute Gasteiger partial charge is 0.493 e. The van der Waals surface area contributed by atoms with Crippen LogP contribution >= 0.6 is 0 Å². The van der Waals surface area contributed by atoms with Crippen LogP contribution in [-0.2, 0) is 25.4 Å². The highest BCUT2D eigenvalue weighted by Gasteiger charge is 2.36. The molecule has 3 aliphatic rings. The van der Waals surface area contributed by atoms with Gasteiger partial charge in [0.15, 0.2) is 11.6 Å². The third kappa shape index (κ3) is 6.59. The number of carbonyl (C=O) groups excluding carboxylic acids is 1. The fraction of sp³-hybridized carbons (Fsp3) is 0.452. The first kappa shape index (κ1) is 28.6. The lowest BCUT2D eigenvalue weighted by atomic mass is 10.0. The quantitative estimate of drug-likeness (QED) is 0.352. The van der Waals surface area contributed by atoms with Gasteiger partial charge in [-0.3, -0.25) is 9.69 Å². The second-order valence-electron chi connectivity index (χ2n) is 11.0. The number of anilines is 2. The minimum absolute atomic E-state index is 0.0164. The van der Waals surface area contributed by atoms with E-state index in [2.05, 4.69) is 15.3 Å². The fourth-order valence-electron chi connectivity index (χ4n) is 5.55. The first-order chi connectivity index (χ1) is 20.4. The van der Waals surface area contributed by atoms with E-state index in [1.807, 2.05) is 4.90 Å². The molecule has 3 saturated heterocycles. The number of Topliss-reactive ketones (excluding diaryl/α,β-unsaturated/α-hetero) is 1. The second-order valence-corrected chi connectivity index (χ2v) is 11.0. The van der Waals surface area contributed by atoms with Crippen molar-refractivity contribution in [1.29, 1.82) is 0 Å². The number of fused-ring (bicyclic) bond motifs is 2. The van der Waals surface area contributed by atoms with Crippen LogP contribution in [0.5, 0.6) is 5.75 Å². The molecule has 3 fully saturated rings. The summed E-state index contributed by atoms with van der Waals surface area (Å²) in [6.07, 6.45) is 3.41. The van der Waals surface area contributed by atoms with Crippen molar-refractivity contribution < 1.29 is 32.5 Å². The van der Waals surface area contributed by atoms with Crippen LogP contribution in [0.3, 0.4) is 0 Å². The molecule has 9 nitrogen and oxygen atoms in total. The zero-order valence-corrected chi connectivity index (χ0v) is 23.5. The molecular weight excluding hydrogens is 546 g/mol. The van der Waals surface area contributed by atoms with Crippen molar-refractivity contribution in [3.8, 4) is 5.75 Å². The van der Waals surface area contributed by atoms with Gasteiger partial charge in [0.1, 0.15) is 23.7 Å². The number of nitrogens with one attached hydrogen (secondary N) is 1. The zero-order valence-electron chi connectivity index (χ0n) is 23.5. The number of rotatable bonds is 10. The molecule has 2 aromatic carbocycles. The SMILES string of the molecule is Cc1cc(Nc2ncnc3cc(OC[C@H]4CCOC4)c(CC(=O)/C(F)=C\CN4C[C@@H]5OCCO[C@@H]5C4)cc23)ccc1F. The van der Waals surface area contributed by atoms with E-state index >= 15 is 4.39 Å². The highest BCUT2D eigenvalue weighted by Crippen LogP contribution is 2.32. The summed E-state index contributed by atoms with van der Waals surface area (Å²) in [5.74, 6) is -0.563. The van der Waals surface area contributed by atoms with Crippen LogP contribution in [0.15, 0.2) is 48.6 Å². The zero-order chi connectivity index (χ0) is 29.1. The van der Waals surface area contributed by atoms with Crippen LogP contribution in [-0.4, -0.2) is 85.5 Å². The molecule has 1 aromatic heterocycles. The molecule has 3 aliphatic heterocycles. The number of halogens is 2. The van der Waals surface area contributed by atoms with Gasteiger partial charge in [0, 0.05) is 61.3 Å². The topological polar surface area (TPSA) is 95.0 Å². The van der Waals surface area contributed by atoms with E-state index in [1.165, 1.54) is 18.5 Å². The van der Waals surface area contributed by atoms with Gasteiger partial charge in [-0.25, -0.2) is 18.7 Å². The van der Waals surface area contributed by atoms with E-state index in [0.717, 1.165) is 6.42 Å². The van der Waals surface area contributed by atoms with Gasteiger partial charge in [-0.1, -0.05) is 0 Å². The highest BCUT2D eigenvalue weighted by atomic mass is 19.1. The Labute approximate surface area is 242 Å². The van der Waals surface area contributed by atoms with Gasteiger partial charge in [-0.15, -0.1) is 0 Å². The summed E-state index contributed by atoms with van der Waals surface area (Å²) in [7, 11) is 0. The lowest BCUT2D eigenvalue weighted by Crippen LogP contribution is -2.36. The number of ketones is 1. The molecule has 0 aliphatic carbocycles. The van der Waals surface area contributed by atoms with Gasteiger partial charge in [-0.05, 0) is 49.2 Å². The van der Waals surface area contributed by atoms with Crippen molar-refractivity contribution in [2.75, 3.05) is 58.0 Å². The summed E-state index contributed by atoms with van der Waals surface area (Å²) in [5.41, 5.74) is 2.26. The van der Waals surface area contributed by atoms with Crippen molar-refractivity contribution in [3.63, 3.8) is 0 Å². The van der Waals surface area contributed by atoms with Gasteiger partial charge in [0.25, 0.3) is 0 Å². The van der Waals surface area contributed by atoms with Gasteiger partial charge >= 0.3 is 0 Å². The van der Waals surface area contributed by atoms with E-state index < -0.39 is 11.6 Å². The maximum absolute atomic E-state index is 15.1. The molecule has 0 spiro atoms. The maximum Gasteiger partial charge on any atom is 0.195 e. The number of hydrogen-bond donors (Lipinski definition) is 1. The van der Waals surface area contributed by atoms with Crippen LogP contribution in [0.2, 0.25) is 0 Å². The van der Waals surface area contributed by atoms with Crippen molar-refractivity contribution in [2.24, 2.45) is 5.92 Å². The molecule has 3 aromatic rings. The molecule has 11 heteroatoms. The number of likely N-dealkylation sites (tertiary alicyclic amines) is 1. The Morgan fingerprint density at radius 1 is 1.14 bits per heavy atom.